The van der Waals surface area contributed by atoms with Crippen LogP contribution in [0.4, 0.5) is 0 Å². The van der Waals surface area contributed by atoms with Crippen molar-refractivity contribution >= 4 is 33.8 Å². The highest BCUT2D eigenvalue weighted by atomic mass is 79.9. The third-order valence-electron chi connectivity index (χ3n) is 2.69. The summed E-state index contributed by atoms with van der Waals surface area (Å²) < 4.78 is 10.3. The summed E-state index contributed by atoms with van der Waals surface area (Å²) in [4.78, 5) is 43.0. The molecule has 0 saturated heterocycles. The number of hydrogen-bond acceptors (Lipinski definition) is 6. The largest absolute Gasteiger partial charge is 0.464 e. The van der Waals surface area contributed by atoms with Crippen LogP contribution in [0.15, 0.2) is 10.9 Å². The Hall–Kier alpha value is -1.90. The summed E-state index contributed by atoms with van der Waals surface area (Å²) >= 11 is 3.14. The zero-order valence-electron chi connectivity index (χ0n) is 12.6. The van der Waals surface area contributed by atoms with Crippen LogP contribution >= 0.6 is 15.9 Å². The summed E-state index contributed by atoms with van der Waals surface area (Å²) in [5, 5.41) is 2.37. The van der Waals surface area contributed by atoms with E-state index in [4.69, 9.17) is 9.47 Å². The van der Waals surface area contributed by atoms with Crippen LogP contribution < -0.4 is 5.32 Å². The van der Waals surface area contributed by atoms with Crippen molar-refractivity contribution < 1.29 is 23.9 Å². The smallest absolute Gasteiger partial charge is 0.344 e. The molecular formula is C13H18BrN3O5. The molecule has 122 valence electrons. The molecule has 0 bridgehead atoms. The van der Waals surface area contributed by atoms with Gasteiger partial charge in [0.2, 0.25) is 11.4 Å². The number of nitrogens with one attached hydrogen (secondary N) is 2. The second kappa shape index (κ2) is 7.92. The van der Waals surface area contributed by atoms with Crippen molar-refractivity contribution in [1.82, 2.24) is 15.3 Å². The van der Waals surface area contributed by atoms with Crippen LogP contribution in [0.3, 0.4) is 0 Å². The molecule has 0 aromatic carbocycles. The van der Waals surface area contributed by atoms with Gasteiger partial charge in [-0.3, -0.25) is 4.79 Å². The Balaban J connectivity index is 3.25. The maximum Gasteiger partial charge on any atom is 0.344 e. The zero-order chi connectivity index (χ0) is 16.8. The number of aromatic nitrogens is 2. The summed E-state index contributed by atoms with van der Waals surface area (Å²) in [6.45, 7) is 4.54. The highest BCUT2D eigenvalue weighted by molar-refractivity contribution is 9.10. The lowest BCUT2D eigenvalue weighted by Gasteiger charge is -2.29. The van der Waals surface area contributed by atoms with Gasteiger partial charge in [-0.15, -0.1) is 0 Å². The lowest BCUT2D eigenvalue weighted by atomic mass is 9.93. The third kappa shape index (κ3) is 4.30. The van der Waals surface area contributed by atoms with E-state index in [1.54, 1.807) is 13.8 Å². The fraction of sp³-hybridized carbons (Fsp3) is 0.538. The molecule has 1 aromatic heterocycles. The highest BCUT2D eigenvalue weighted by Crippen LogP contribution is 2.19. The van der Waals surface area contributed by atoms with Gasteiger partial charge in [0.05, 0.1) is 13.2 Å². The average Bonchev–Trinajstić information content (AvgIpc) is 2.83. The van der Waals surface area contributed by atoms with Gasteiger partial charge in [0.1, 0.15) is 0 Å². The van der Waals surface area contributed by atoms with Crippen molar-refractivity contribution in [2.24, 2.45) is 0 Å². The maximum atomic E-state index is 12.3. The molecule has 0 radical (unpaired) electrons. The lowest BCUT2D eigenvalue weighted by molar-refractivity contribution is -0.168. The first-order chi connectivity index (χ1) is 10.4. The van der Waals surface area contributed by atoms with Crippen LogP contribution in [-0.4, -0.2) is 46.6 Å². The van der Waals surface area contributed by atoms with E-state index < -0.39 is 23.4 Å². The van der Waals surface area contributed by atoms with Gasteiger partial charge in [-0.1, -0.05) is 0 Å². The number of amides is 1. The number of H-pyrrole nitrogens is 1. The Morgan fingerprint density at radius 1 is 1.27 bits per heavy atom. The maximum absolute atomic E-state index is 12.3. The van der Waals surface area contributed by atoms with E-state index in [0.29, 0.717) is 10.4 Å². The number of esters is 2. The molecule has 8 nitrogen and oxygen atoms in total. The Kier molecular flexibility index (Phi) is 6.54. The fourth-order valence-corrected chi connectivity index (χ4v) is 2.25. The van der Waals surface area contributed by atoms with Crippen molar-refractivity contribution in [2.75, 3.05) is 13.2 Å². The predicted molar refractivity (Wildman–Crippen MR) is 79.8 cm³/mol. The first kappa shape index (κ1) is 18.1. The first-order valence-corrected chi connectivity index (χ1v) is 7.47. The summed E-state index contributed by atoms with van der Waals surface area (Å²) in [6.07, 6.45) is 1.28. The van der Waals surface area contributed by atoms with Gasteiger partial charge in [-0.25, -0.2) is 14.6 Å². The van der Waals surface area contributed by atoms with Gasteiger partial charge in [0, 0.05) is 25.2 Å². The number of carbonyl (C=O) groups is 3. The second-order valence-corrected chi connectivity index (χ2v) is 5.15. The normalized spacial score (nSPS) is 10.9. The number of nitrogens with zero attached hydrogens (tertiary/aromatic N) is 1. The van der Waals surface area contributed by atoms with E-state index in [0.717, 1.165) is 0 Å². The number of carbonyl (C=O) groups excluding carboxylic acids is 3. The van der Waals surface area contributed by atoms with Crippen LogP contribution in [-0.2, 0) is 30.3 Å². The van der Waals surface area contributed by atoms with Crippen LogP contribution in [0.2, 0.25) is 0 Å². The molecule has 1 rings (SSSR count). The first-order valence-electron chi connectivity index (χ1n) is 6.68. The minimum atomic E-state index is -1.95. The molecule has 0 aliphatic rings. The Morgan fingerprint density at radius 3 is 2.18 bits per heavy atom. The molecule has 1 amide bonds. The van der Waals surface area contributed by atoms with Crippen molar-refractivity contribution in [3.63, 3.8) is 0 Å². The minimum absolute atomic E-state index is 0.0617. The molecule has 22 heavy (non-hydrogen) atoms. The van der Waals surface area contributed by atoms with Gasteiger partial charge < -0.3 is 19.8 Å². The van der Waals surface area contributed by atoms with Gasteiger partial charge in [-0.2, -0.15) is 0 Å². The van der Waals surface area contributed by atoms with Gasteiger partial charge in [0.15, 0.2) is 4.73 Å². The SMILES string of the molecule is CCOC(=O)C(Cc1cnc(Br)[nH]1)(NC(C)=O)C(=O)OCC. The van der Waals surface area contributed by atoms with E-state index in [-0.39, 0.29) is 19.6 Å². The zero-order valence-corrected chi connectivity index (χ0v) is 14.2. The number of halogens is 1. The molecule has 0 fully saturated rings. The second-order valence-electron chi connectivity index (χ2n) is 4.40. The Bertz CT molecular complexity index is 540. The Morgan fingerprint density at radius 2 is 1.82 bits per heavy atom. The predicted octanol–water partition coefficient (Wildman–Crippen LogP) is 0.716. The number of aromatic amines is 1. The number of rotatable bonds is 7. The number of imidazole rings is 1. The molecule has 2 N–H and O–H groups in total. The standard InChI is InChI=1S/C13H18BrN3O5/c1-4-21-10(19)13(17-8(3)18,11(20)22-5-2)6-9-7-15-12(14)16-9/h7H,4-6H2,1-3H3,(H,15,16)(H,17,18). The molecule has 0 aliphatic heterocycles. The molecule has 0 unspecified atom stereocenters. The van der Waals surface area contributed by atoms with Crippen molar-refractivity contribution in [3.8, 4) is 0 Å². The summed E-state index contributed by atoms with van der Waals surface area (Å²) in [5.74, 6) is -2.32. The van der Waals surface area contributed by atoms with Crippen molar-refractivity contribution in [3.05, 3.63) is 16.6 Å². The fourth-order valence-electron chi connectivity index (χ4n) is 1.89. The van der Waals surface area contributed by atoms with E-state index in [1.165, 1.54) is 13.1 Å². The molecule has 1 aromatic rings. The highest BCUT2D eigenvalue weighted by Gasteiger charge is 2.50. The summed E-state index contributed by atoms with van der Waals surface area (Å²) in [7, 11) is 0. The lowest BCUT2D eigenvalue weighted by Crippen LogP contribution is -2.62. The van der Waals surface area contributed by atoms with Gasteiger partial charge >= 0.3 is 11.9 Å². The quantitative estimate of drug-likeness (QED) is 0.536. The van der Waals surface area contributed by atoms with E-state index in [2.05, 4.69) is 31.2 Å². The number of ether oxygens (including phenoxy) is 2. The number of hydrogen-bond donors (Lipinski definition) is 2. The Labute approximate surface area is 136 Å². The monoisotopic (exact) mass is 375 g/mol. The van der Waals surface area contributed by atoms with E-state index in [1.807, 2.05) is 0 Å². The molecule has 9 heteroatoms. The third-order valence-corrected chi connectivity index (χ3v) is 3.09. The van der Waals surface area contributed by atoms with Crippen LogP contribution in [0.5, 0.6) is 0 Å². The van der Waals surface area contributed by atoms with E-state index >= 15 is 0 Å². The summed E-state index contributed by atoms with van der Waals surface area (Å²) in [6, 6.07) is 0. The van der Waals surface area contributed by atoms with Crippen molar-refractivity contribution in [1.29, 1.82) is 0 Å². The van der Waals surface area contributed by atoms with Crippen LogP contribution in [0.1, 0.15) is 26.5 Å². The van der Waals surface area contributed by atoms with Crippen LogP contribution in [0, 0.1) is 0 Å². The van der Waals surface area contributed by atoms with Gasteiger partial charge in [-0.05, 0) is 29.8 Å². The van der Waals surface area contributed by atoms with E-state index in [9.17, 15) is 14.4 Å². The van der Waals surface area contributed by atoms with Gasteiger partial charge in [0.25, 0.3) is 0 Å². The molecule has 0 saturated carbocycles. The minimum Gasteiger partial charge on any atom is -0.464 e. The topological polar surface area (TPSA) is 110 Å². The summed E-state index contributed by atoms with van der Waals surface area (Å²) in [5.41, 5.74) is -1.49. The molecule has 0 aliphatic carbocycles. The molecule has 1 heterocycles. The van der Waals surface area contributed by atoms with Crippen LogP contribution in [0.25, 0.3) is 0 Å². The van der Waals surface area contributed by atoms with Crippen molar-refractivity contribution in [2.45, 2.75) is 32.7 Å². The molecule has 0 spiro atoms. The molecular weight excluding hydrogens is 358 g/mol. The average molecular weight is 376 g/mol. The molecule has 0 atom stereocenters.